The lowest BCUT2D eigenvalue weighted by atomic mass is 10.1. The first-order valence-electron chi connectivity index (χ1n) is 8.97. The van der Waals surface area contributed by atoms with E-state index in [0.29, 0.717) is 24.4 Å². The summed E-state index contributed by atoms with van der Waals surface area (Å²) in [7, 11) is 3.42. The van der Waals surface area contributed by atoms with Crippen molar-refractivity contribution >= 4 is 6.03 Å². The van der Waals surface area contributed by atoms with Gasteiger partial charge in [0.25, 0.3) is 0 Å². The molecule has 3 aromatic rings. The van der Waals surface area contributed by atoms with Crippen molar-refractivity contribution < 1.29 is 13.9 Å². The third-order valence-electron chi connectivity index (χ3n) is 4.47. The molecule has 28 heavy (non-hydrogen) atoms. The van der Waals surface area contributed by atoms with Gasteiger partial charge in [-0.05, 0) is 30.2 Å². The van der Waals surface area contributed by atoms with Crippen LogP contribution in [0.5, 0.6) is 5.75 Å². The van der Waals surface area contributed by atoms with Crippen molar-refractivity contribution in [1.29, 1.82) is 0 Å². The zero-order chi connectivity index (χ0) is 19.9. The van der Waals surface area contributed by atoms with E-state index in [1.165, 1.54) is 6.07 Å². The molecule has 2 amide bonds. The normalized spacial score (nSPS) is 11.7. The summed E-state index contributed by atoms with van der Waals surface area (Å²) in [5.41, 5.74) is 1.44. The van der Waals surface area contributed by atoms with Crippen LogP contribution in [0.3, 0.4) is 0 Å². The average molecular weight is 382 g/mol. The van der Waals surface area contributed by atoms with E-state index in [2.05, 4.69) is 15.6 Å². The van der Waals surface area contributed by atoms with Gasteiger partial charge >= 0.3 is 6.03 Å². The quantitative estimate of drug-likeness (QED) is 0.659. The molecule has 0 saturated carbocycles. The number of nitrogens with zero attached hydrogens (tertiary/aromatic N) is 2. The number of carbonyl (C=O) groups excluding carboxylic acids is 1. The standard InChI is InChI=1S/C21H23FN4O2/c1-26-14-13-23-20(26)19(17-5-3-4-6-18(17)22)25-21(27)24-12-11-15-7-9-16(28-2)10-8-15/h3-10,13-14,19H,11-12H2,1-2H3,(H2,24,25,27). The number of halogens is 1. The van der Waals surface area contributed by atoms with Crippen molar-refractivity contribution in [2.45, 2.75) is 12.5 Å². The molecule has 3 rings (SSSR count). The van der Waals surface area contributed by atoms with Crippen LogP contribution in [0.25, 0.3) is 0 Å². The molecule has 146 valence electrons. The Kier molecular flexibility index (Phi) is 6.26. The van der Waals surface area contributed by atoms with Crippen LogP contribution in [-0.4, -0.2) is 29.2 Å². The molecule has 6 nitrogen and oxygen atoms in total. The highest BCUT2D eigenvalue weighted by molar-refractivity contribution is 5.74. The molecule has 2 aromatic carbocycles. The molecule has 1 heterocycles. The predicted octanol–water partition coefficient (Wildman–Crippen LogP) is 3.20. The number of hydrogen-bond acceptors (Lipinski definition) is 3. The minimum absolute atomic E-state index is 0.363. The summed E-state index contributed by atoms with van der Waals surface area (Å²) < 4.78 is 21.2. The Bertz CT molecular complexity index is 924. The van der Waals surface area contributed by atoms with Crippen molar-refractivity contribution in [3.05, 3.63) is 83.7 Å². The van der Waals surface area contributed by atoms with Crippen LogP contribution in [0, 0.1) is 5.82 Å². The Balaban J connectivity index is 1.64. The number of nitrogens with one attached hydrogen (secondary N) is 2. The Morgan fingerprint density at radius 2 is 1.96 bits per heavy atom. The highest BCUT2D eigenvalue weighted by Gasteiger charge is 2.23. The van der Waals surface area contributed by atoms with Crippen LogP contribution in [-0.2, 0) is 13.5 Å². The van der Waals surface area contributed by atoms with E-state index in [0.717, 1.165) is 11.3 Å². The Hall–Kier alpha value is -3.35. The van der Waals surface area contributed by atoms with Crippen LogP contribution in [0.4, 0.5) is 9.18 Å². The molecule has 7 heteroatoms. The lowest BCUT2D eigenvalue weighted by Gasteiger charge is -2.20. The van der Waals surface area contributed by atoms with Crippen molar-refractivity contribution in [3.63, 3.8) is 0 Å². The Labute approximate surface area is 163 Å². The summed E-state index contributed by atoms with van der Waals surface area (Å²) >= 11 is 0. The van der Waals surface area contributed by atoms with Crippen LogP contribution in [0.15, 0.2) is 60.9 Å². The number of aryl methyl sites for hydroxylation is 1. The minimum Gasteiger partial charge on any atom is -0.497 e. The van der Waals surface area contributed by atoms with Crippen molar-refractivity contribution in [2.24, 2.45) is 7.05 Å². The van der Waals surface area contributed by atoms with E-state index in [4.69, 9.17) is 4.74 Å². The van der Waals surface area contributed by atoms with Crippen LogP contribution >= 0.6 is 0 Å². The second-order valence-electron chi connectivity index (χ2n) is 6.35. The number of amides is 2. The summed E-state index contributed by atoms with van der Waals surface area (Å²) in [5.74, 6) is 0.946. The molecule has 1 unspecified atom stereocenters. The fourth-order valence-corrected chi connectivity index (χ4v) is 2.94. The van der Waals surface area contributed by atoms with Gasteiger partial charge in [-0.2, -0.15) is 0 Å². The lowest BCUT2D eigenvalue weighted by Crippen LogP contribution is -2.40. The molecule has 0 saturated heterocycles. The first kappa shape index (κ1) is 19.4. The number of rotatable bonds is 7. The number of hydrogen-bond donors (Lipinski definition) is 2. The van der Waals surface area contributed by atoms with Crippen LogP contribution < -0.4 is 15.4 Å². The second-order valence-corrected chi connectivity index (χ2v) is 6.35. The fraction of sp³-hybridized carbons (Fsp3) is 0.238. The summed E-state index contributed by atoms with van der Waals surface area (Å²) in [6, 6.07) is 13.0. The van der Waals surface area contributed by atoms with Crippen LogP contribution in [0.2, 0.25) is 0 Å². The number of ether oxygens (including phenoxy) is 1. The van der Waals surface area contributed by atoms with E-state index in [1.807, 2.05) is 24.3 Å². The molecular weight excluding hydrogens is 359 g/mol. The Morgan fingerprint density at radius 1 is 1.21 bits per heavy atom. The number of carbonyl (C=O) groups is 1. The monoisotopic (exact) mass is 382 g/mol. The molecule has 0 spiro atoms. The minimum atomic E-state index is -0.692. The zero-order valence-corrected chi connectivity index (χ0v) is 15.9. The van der Waals surface area contributed by atoms with Gasteiger partial charge < -0.3 is 19.9 Å². The van der Waals surface area contributed by atoms with Crippen LogP contribution in [0.1, 0.15) is 23.0 Å². The largest absolute Gasteiger partial charge is 0.497 e. The maximum Gasteiger partial charge on any atom is 0.315 e. The van der Waals surface area contributed by atoms with Gasteiger partial charge in [0.15, 0.2) is 0 Å². The average Bonchev–Trinajstić information content (AvgIpc) is 3.13. The topological polar surface area (TPSA) is 68.2 Å². The first-order valence-corrected chi connectivity index (χ1v) is 8.97. The maximum atomic E-state index is 14.3. The van der Waals surface area contributed by atoms with E-state index in [-0.39, 0.29) is 6.03 Å². The summed E-state index contributed by atoms with van der Waals surface area (Å²) in [6.45, 7) is 0.447. The van der Waals surface area contributed by atoms with Gasteiger partial charge in [-0.3, -0.25) is 0 Å². The number of imidazole rings is 1. The van der Waals surface area contributed by atoms with Crippen molar-refractivity contribution in [2.75, 3.05) is 13.7 Å². The number of urea groups is 1. The summed E-state index contributed by atoms with van der Waals surface area (Å²) in [5, 5.41) is 5.65. The third kappa shape index (κ3) is 4.68. The van der Waals surface area contributed by atoms with E-state index in [9.17, 15) is 9.18 Å². The van der Waals surface area contributed by atoms with Gasteiger partial charge in [0.05, 0.1) is 7.11 Å². The molecule has 0 radical (unpaired) electrons. The van der Waals surface area contributed by atoms with Gasteiger partial charge in [0.1, 0.15) is 23.4 Å². The predicted molar refractivity (Wildman–Crippen MR) is 105 cm³/mol. The first-order chi connectivity index (χ1) is 13.6. The summed E-state index contributed by atoms with van der Waals surface area (Å²) in [6.07, 6.45) is 4.04. The van der Waals surface area contributed by atoms with E-state index >= 15 is 0 Å². The smallest absolute Gasteiger partial charge is 0.315 e. The van der Waals surface area contributed by atoms with Gasteiger partial charge in [-0.25, -0.2) is 14.2 Å². The number of benzene rings is 2. The molecule has 0 aliphatic rings. The summed E-state index contributed by atoms with van der Waals surface area (Å²) in [4.78, 5) is 16.7. The highest BCUT2D eigenvalue weighted by Crippen LogP contribution is 2.22. The SMILES string of the molecule is COc1ccc(CCNC(=O)NC(c2ccccc2F)c2nccn2C)cc1. The van der Waals surface area contributed by atoms with E-state index < -0.39 is 11.9 Å². The molecule has 0 aliphatic heterocycles. The molecule has 1 aromatic heterocycles. The van der Waals surface area contributed by atoms with E-state index in [1.54, 1.807) is 49.3 Å². The van der Waals surface area contributed by atoms with Crippen molar-refractivity contribution in [3.8, 4) is 5.75 Å². The number of aromatic nitrogens is 2. The van der Waals surface area contributed by atoms with Gasteiger partial charge in [0.2, 0.25) is 0 Å². The second kappa shape index (κ2) is 9.03. The lowest BCUT2D eigenvalue weighted by molar-refractivity contribution is 0.238. The Morgan fingerprint density at radius 3 is 2.61 bits per heavy atom. The zero-order valence-electron chi connectivity index (χ0n) is 15.9. The van der Waals surface area contributed by atoms with Gasteiger partial charge in [-0.15, -0.1) is 0 Å². The molecule has 0 bridgehead atoms. The molecule has 0 aliphatic carbocycles. The maximum absolute atomic E-state index is 14.3. The molecular formula is C21H23FN4O2. The fourth-order valence-electron chi connectivity index (χ4n) is 2.94. The highest BCUT2D eigenvalue weighted by atomic mass is 19.1. The van der Waals surface area contributed by atoms with Crippen molar-refractivity contribution in [1.82, 2.24) is 20.2 Å². The molecule has 0 fully saturated rings. The molecule has 2 N–H and O–H groups in total. The van der Waals surface area contributed by atoms with Gasteiger partial charge in [0, 0.05) is 31.5 Å². The number of methoxy groups -OCH3 is 1. The molecule has 1 atom stereocenters. The third-order valence-corrected chi connectivity index (χ3v) is 4.47. The van der Waals surface area contributed by atoms with Gasteiger partial charge in [-0.1, -0.05) is 30.3 Å².